The zero-order chi connectivity index (χ0) is 17.7. The number of carbonyl (C=O) groups excluding carboxylic acids is 2. The highest BCUT2D eigenvalue weighted by Crippen LogP contribution is 2.18. The molecule has 2 atom stereocenters. The molecular weight excluding hydrogens is 302 g/mol. The van der Waals surface area contributed by atoms with Crippen molar-refractivity contribution in [2.75, 3.05) is 33.2 Å². The van der Waals surface area contributed by atoms with E-state index in [2.05, 4.69) is 43.4 Å². The third kappa shape index (κ3) is 4.98. The van der Waals surface area contributed by atoms with Crippen molar-refractivity contribution in [1.82, 2.24) is 15.1 Å². The molecule has 1 saturated heterocycles. The molecule has 0 spiro atoms. The van der Waals surface area contributed by atoms with Crippen molar-refractivity contribution in [3.8, 4) is 0 Å². The van der Waals surface area contributed by atoms with Crippen molar-refractivity contribution >= 4 is 11.9 Å². The van der Waals surface area contributed by atoms with Gasteiger partial charge < -0.3 is 15.1 Å². The molecule has 0 saturated carbocycles. The average Bonchev–Trinajstić information content (AvgIpc) is 3.01. The van der Waals surface area contributed by atoms with E-state index < -0.39 is 0 Å². The first-order valence-electron chi connectivity index (χ1n) is 8.68. The smallest absolute Gasteiger partial charge is 0.317 e. The van der Waals surface area contributed by atoms with E-state index in [9.17, 15) is 9.59 Å². The molecule has 132 valence electrons. The molecule has 1 aromatic carbocycles. The molecule has 2 unspecified atom stereocenters. The number of likely N-dealkylation sites (tertiary alicyclic amines) is 1. The van der Waals surface area contributed by atoms with Crippen LogP contribution < -0.4 is 5.32 Å². The number of urea groups is 1. The fraction of sp³-hybridized carbons (Fsp3) is 0.579. The number of rotatable bonds is 5. The zero-order valence-corrected chi connectivity index (χ0v) is 15.2. The number of nitrogens with zero attached hydrogens (tertiary/aromatic N) is 2. The number of hydrogen-bond acceptors (Lipinski definition) is 2. The van der Waals surface area contributed by atoms with E-state index in [1.807, 2.05) is 11.9 Å². The number of amides is 3. The normalized spacial score (nSPS) is 18.3. The van der Waals surface area contributed by atoms with Crippen molar-refractivity contribution in [1.29, 1.82) is 0 Å². The van der Waals surface area contributed by atoms with Gasteiger partial charge in [-0.2, -0.15) is 0 Å². The van der Waals surface area contributed by atoms with Crippen LogP contribution in [0.25, 0.3) is 0 Å². The Kier molecular flexibility index (Phi) is 6.23. The molecule has 1 fully saturated rings. The minimum absolute atomic E-state index is 0.0456. The third-order valence-corrected chi connectivity index (χ3v) is 4.78. The van der Waals surface area contributed by atoms with Gasteiger partial charge in [0.1, 0.15) is 0 Å². The summed E-state index contributed by atoms with van der Waals surface area (Å²) in [4.78, 5) is 27.3. The van der Waals surface area contributed by atoms with Crippen LogP contribution in [-0.4, -0.2) is 55.0 Å². The van der Waals surface area contributed by atoms with Crippen LogP contribution in [0, 0.1) is 12.8 Å². The van der Waals surface area contributed by atoms with Crippen LogP contribution in [0.2, 0.25) is 0 Å². The Bertz CT molecular complexity index is 588. The standard InChI is InChI=1S/C19H29N3O2/c1-14-6-5-7-18(10-14)15(2)11-20-19(24)21(4)12-17-8-9-22(13-17)16(3)23/h5-7,10,15,17H,8-9,11-13H2,1-4H3,(H,20,24). The monoisotopic (exact) mass is 331 g/mol. The van der Waals surface area contributed by atoms with Crippen molar-refractivity contribution in [2.45, 2.75) is 33.1 Å². The SMILES string of the molecule is CC(=O)N1CCC(CN(C)C(=O)NCC(C)c2cccc(C)c2)C1. The van der Waals surface area contributed by atoms with Gasteiger partial charge in [0.15, 0.2) is 0 Å². The Morgan fingerprint density at radius 3 is 2.79 bits per heavy atom. The van der Waals surface area contributed by atoms with Gasteiger partial charge in [-0.3, -0.25) is 4.79 Å². The molecule has 3 amide bonds. The summed E-state index contributed by atoms with van der Waals surface area (Å²) in [5.41, 5.74) is 2.48. The van der Waals surface area contributed by atoms with Crippen LogP contribution in [0.1, 0.15) is 37.3 Å². The highest BCUT2D eigenvalue weighted by atomic mass is 16.2. The Balaban J connectivity index is 1.76. The number of aryl methyl sites for hydroxylation is 1. The molecule has 1 aromatic rings. The van der Waals surface area contributed by atoms with E-state index in [1.54, 1.807) is 11.8 Å². The predicted octanol–water partition coefficient (Wildman–Crippen LogP) is 2.61. The molecular formula is C19H29N3O2. The van der Waals surface area contributed by atoms with Crippen molar-refractivity contribution in [3.63, 3.8) is 0 Å². The number of carbonyl (C=O) groups is 2. The molecule has 0 aliphatic carbocycles. The molecule has 1 N–H and O–H groups in total. The fourth-order valence-electron chi connectivity index (χ4n) is 3.21. The first kappa shape index (κ1) is 18.3. The number of nitrogens with one attached hydrogen (secondary N) is 1. The van der Waals surface area contributed by atoms with E-state index in [-0.39, 0.29) is 17.9 Å². The van der Waals surface area contributed by atoms with E-state index in [0.717, 1.165) is 19.5 Å². The second kappa shape index (κ2) is 8.18. The molecule has 24 heavy (non-hydrogen) atoms. The minimum atomic E-state index is -0.0456. The van der Waals surface area contributed by atoms with Crippen molar-refractivity contribution in [2.24, 2.45) is 5.92 Å². The van der Waals surface area contributed by atoms with Gasteiger partial charge in [-0.1, -0.05) is 36.8 Å². The van der Waals surface area contributed by atoms with Gasteiger partial charge in [0.05, 0.1) is 0 Å². The third-order valence-electron chi connectivity index (χ3n) is 4.78. The first-order chi connectivity index (χ1) is 11.4. The van der Waals surface area contributed by atoms with E-state index in [0.29, 0.717) is 19.0 Å². The number of benzene rings is 1. The molecule has 1 aliphatic rings. The Morgan fingerprint density at radius 2 is 2.17 bits per heavy atom. The quantitative estimate of drug-likeness (QED) is 0.902. The summed E-state index contributed by atoms with van der Waals surface area (Å²) in [5.74, 6) is 0.775. The molecule has 5 heteroatoms. The van der Waals surface area contributed by atoms with Crippen LogP contribution in [0.5, 0.6) is 0 Å². The summed E-state index contributed by atoms with van der Waals surface area (Å²) in [6.07, 6.45) is 0.969. The average molecular weight is 331 g/mol. The zero-order valence-electron chi connectivity index (χ0n) is 15.2. The maximum absolute atomic E-state index is 12.3. The van der Waals surface area contributed by atoms with Crippen LogP contribution in [0.15, 0.2) is 24.3 Å². The molecule has 1 aliphatic heterocycles. The maximum atomic E-state index is 12.3. The second-order valence-electron chi connectivity index (χ2n) is 7.00. The van der Waals surface area contributed by atoms with Crippen LogP contribution in [0.4, 0.5) is 4.79 Å². The lowest BCUT2D eigenvalue weighted by molar-refractivity contribution is -0.127. The van der Waals surface area contributed by atoms with Gasteiger partial charge in [-0.05, 0) is 30.7 Å². The molecule has 0 bridgehead atoms. The Labute approximate surface area is 145 Å². The van der Waals surface area contributed by atoms with Gasteiger partial charge in [0.2, 0.25) is 5.91 Å². The van der Waals surface area contributed by atoms with Crippen LogP contribution in [0.3, 0.4) is 0 Å². The topological polar surface area (TPSA) is 52.7 Å². The van der Waals surface area contributed by atoms with Crippen molar-refractivity contribution < 1.29 is 9.59 Å². The van der Waals surface area contributed by atoms with E-state index in [1.165, 1.54) is 11.1 Å². The largest absolute Gasteiger partial charge is 0.343 e. The Hall–Kier alpha value is -2.04. The van der Waals surface area contributed by atoms with Gasteiger partial charge in [-0.25, -0.2) is 4.79 Å². The fourth-order valence-corrected chi connectivity index (χ4v) is 3.21. The Morgan fingerprint density at radius 1 is 1.42 bits per heavy atom. The molecule has 2 rings (SSSR count). The summed E-state index contributed by atoms with van der Waals surface area (Å²) < 4.78 is 0. The van der Waals surface area contributed by atoms with Gasteiger partial charge in [-0.15, -0.1) is 0 Å². The minimum Gasteiger partial charge on any atom is -0.343 e. The van der Waals surface area contributed by atoms with E-state index >= 15 is 0 Å². The summed E-state index contributed by atoms with van der Waals surface area (Å²) in [7, 11) is 1.82. The lowest BCUT2D eigenvalue weighted by Crippen LogP contribution is -2.41. The summed E-state index contributed by atoms with van der Waals surface area (Å²) in [6.45, 7) is 8.68. The summed E-state index contributed by atoms with van der Waals surface area (Å²) >= 11 is 0. The lowest BCUT2D eigenvalue weighted by atomic mass is 9.99. The van der Waals surface area contributed by atoms with Crippen molar-refractivity contribution in [3.05, 3.63) is 35.4 Å². The van der Waals surface area contributed by atoms with Crippen LogP contribution >= 0.6 is 0 Å². The van der Waals surface area contributed by atoms with E-state index in [4.69, 9.17) is 0 Å². The maximum Gasteiger partial charge on any atom is 0.317 e. The predicted molar refractivity (Wildman–Crippen MR) is 96.0 cm³/mol. The highest BCUT2D eigenvalue weighted by molar-refractivity contribution is 5.74. The first-order valence-corrected chi connectivity index (χ1v) is 8.68. The molecule has 0 aromatic heterocycles. The summed E-state index contributed by atoms with van der Waals surface area (Å²) in [6, 6.07) is 8.35. The van der Waals surface area contributed by atoms with Gasteiger partial charge in [0.25, 0.3) is 0 Å². The number of hydrogen-bond donors (Lipinski definition) is 1. The lowest BCUT2D eigenvalue weighted by Gasteiger charge is -2.23. The summed E-state index contributed by atoms with van der Waals surface area (Å²) in [5, 5.41) is 3.01. The highest BCUT2D eigenvalue weighted by Gasteiger charge is 2.26. The molecule has 5 nitrogen and oxygen atoms in total. The molecule has 0 radical (unpaired) electrons. The van der Waals surface area contributed by atoms with Gasteiger partial charge >= 0.3 is 6.03 Å². The molecule has 1 heterocycles. The van der Waals surface area contributed by atoms with Gasteiger partial charge in [0, 0.05) is 40.2 Å². The second-order valence-corrected chi connectivity index (χ2v) is 7.00. The van der Waals surface area contributed by atoms with Crippen LogP contribution in [-0.2, 0) is 4.79 Å².